The van der Waals surface area contributed by atoms with E-state index in [-0.39, 0.29) is 32.0 Å². The van der Waals surface area contributed by atoms with E-state index in [0.29, 0.717) is 5.56 Å². The quantitative estimate of drug-likeness (QED) is 0.636. The number of aromatic nitrogens is 1. The summed E-state index contributed by atoms with van der Waals surface area (Å²) >= 11 is 11.7. The molecule has 3 aromatic rings. The molecule has 0 unspecified atom stereocenters. The maximum Gasteiger partial charge on any atom is 0.261 e. The fourth-order valence-electron chi connectivity index (χ4n) is 2.26. The lowest BCUT2D eigenvalue weighted by molar-refractivity contribution is 0.103. The second kappa shape index (κ2) is 7.45. The summed E-state index contributed by atoms with van der Waals surface area (Å²) in [5.41, 5.74) is 0.692. The first kappa shape index (κ1) is 18.4. The van der Waals surface area contributed by atoms with Gasteiger partial charge in [-0.05, 0) is 24.3 Å². The van der Waals surface area contributed by atoms with Crippen LogP contribution in [0.25, 0.3) is 0 Å². The lowest BCUT2D eigenvalue weighted by Crippen LogP contribution is -2.16. The van der Waals surface area contributed by atoms with E-state index >= 15 is 0 Å². The average molecular weight is 407 g/mol. The first-order chi connectivity index (χ1) is 12.4. The number of rotatable bonds is 5. The van der Waals surface area contributed by atoms with Crippen LogP contribution in [-0.4, -0.2) is 19.2 Å². The smallest absolute Gasteiger partial charge is 0.261 e. The van der Waals surface area contributed by atoms with Crippen LogP contribution in [0.15, 0.2) is 71.9 Å². The zero-order valence-corrected chi connectivity index (χ0v) is 15.5. The van der Waals surface area contributed by atoms with Crippen molar-refractivity contribution in [1.82, 2.24) is 4.98 Å². The molecule has 0 saturated heterocycles. The second-order valence-corrected chi connectivity index (χ2v) is 7.79. The standard InChI is InChI=1S/C18H12Cl2N2O3S/c19-15-7-6-13(10-16(15)20)26(24,25)22-17-8-9-21-11-14(17)18(23)12-4-2-1-3-5-12/h1-11H,(H,21,22). The third-order valence-electron chi connectivity index (χ3n) is 3.55. The van der Waals surface area contributed by atoms with Crippen molar-refractivity contribution in [2.75, 3.05) is 4.72 Å². The number of halogens is 2. The van der Waals surface area contributed by atoms with Crippen molar-refractivity contribution in [3.63, 3.8) is 0 Å². The van der Waals surface area contributed by atoms with Crippen LogP contribution in [0.4, 0.5) is 5.69 Å². The fraction of sp³-hybridized carbons (Fsp3) is 0. The highest BCUT2D eigenvalue weighted by Crippen LogP contribution is 2.27. The van der Waals surface area contributed by atoms with Crippen LogP contribution >= 0.6 is 23.2 Å². The molecule has 26 heavy (non-hydrogen) atoms. The molecule has 1 heterocycles. The van der Waals surface area contributed by atoms with Crippen LogP contribution in [-0.2, 0) is 10.0 Å². The summed E-state index contributed by atoms with van der Waals surface area (Å²) in [7, 11) is -3.96. The first-order valence-electron chi connectivity index (χ1n) is 7.40. The third-order valence-corrected chi connectivity index (χ3v) is 5.65. The highest BCUT2D eigenvalue weighted by Gasteiger charge is 2.20. The number of benzene rings is 2. The number of sulfonamides is 1. The molecule has 1 aromatic heterocycles. The van der Waals surface area contributed by atoms with Crippen molar-refractivity contribution in [3.05, 3.63) is 88.2 Å². The second-order valence-electron chi connectivity index (χ2n) is 5.30. The van der Waals surface area contributed by atoms with Crippen LogP contribution in [0.1, 0.15) is 15.9 Å². The number of ketones is 1. The molecular weight excluding hydrogens is 395 g/mol. The Morgan fingerprint density at radius 3 is 2.38 bits per heavy atom. The zero-order chi connectivity index (χ0) is 18.7. The Hall–Kier alpha value is -2.41. The molecule has 0 amide bonds. The molecular formula is C18H12Cl2N2O3S. The van der Waals surface area contributed by atoms with E-state index in [9.17, 15) is 13.2 Å². The van der Waals surface area contributed by atoms with Crippen LogP contribution in [0.5, 0.6) is 0 Å². The van der Waals surface area contributed by atoms with Gasteiger partial charge in [-0.25, -0.2) is 8.42 Å². The van der Waals surface area contributed by atoms with Crippen molar-refractivity contribution in [3.8, 4) is 0 Å². The number of carbonyl (C=O) groups is 1. The summed E-state index contributed by atoms with van der Waals surface area (Å²) in [6, 6.07) is 13.9. The summed E-state index contributed by atoms with van der Waals surface area (Å²) in [6.45, 7) is 0. The maximum atomic E-state index is 12.7. The highest BCUT2D eigenvalue weighted by atomic mass is 35.5. The largest absolute Gasteiger partial charge is 0.288 e. The van der Waals surface area contributed by atoms with Crippen molar-refractivity contribution in [2.24, 2.45) is 0 Å². The van der Waals surface area contributed by atoms with Crippen LogP contribution in [0.2, 0.25) is 10.0 Å². The van der Waals surface area contributed by atoms with E-state index in [0.717, 1.165) is 0 Å². The molecule has 0 bridgehead atoms. The predicted octanol–water partition coefficient (Wildman–Crippen LogP) is 4.42. The number of nitrogens with zero attached hydrogens (tertiary/aromatic N) is 1. The van der Waals surface area contributed by atoms with Gasteiger partial charge in [0.25, 0.3) is 10.0 Å². The molecule has 0 fully saturated rings. The number of pyridine rings is 1. The molecule has 3 rings (SSSR count). The zero-order valence-electron chi connectivity index (χ0n) is 13.2. The first-order valence-corrected chi connectivity index (χ1v) is 9.64. The lowest BCUT2D eigenvalue weighted by Gasteiger charge is -2.12. The van der Waals surface area contributed by atoms with E-state index < -0.39 is 10.0 Å². The molecule has 0 atom stereocenters. The van der Waals surface area contributed by atoms with Crippen molar-refractivity contribution < 1.29 is 13.2 Å². The molecule has 8 heteroatoms. The summed E-state index contributed by atoms with van der Waals surface area (Å²) in [6.07, 6.45) is 2.72. The molecule has 0 radical (unpaired) electrons. The van der Waals surface area contributed by atoms with E-state index in [1.165, 1.54) is 36.7 Å². The van der Waals surface area contributed by atoms with Gasteiger partial charge in [0.15, 0.2) is 5.78 Å². The minimum atomic E-state index is -3.96. The Kier molecular flexibility index (Phi) is 5.27. The van der Waals surface area contributed by atoms with Crippen LogP contribution in [0, 0.1) is 0 Å². The van der Waals surface area contributed by atoms with Crippen molar-refractivity contribution in [2.45, 2.75) is 4.90 Å². The Morgan fingerprint density at radius 1 is 0.962 bits per heavy atom. The highest BCUT2D eigenvalue weighted by molar-refractivity contribution is 7.92. The minimum absolute atomic E-state index is 0.0678. The molecule has 0 saturated carbocycles. The summed E-state index contributed by atoms with van der Waals surface area (Å²) in [5, 5.41) is 0.360. The molecule has 0 aliphatic carbocycles. The molecule has 132 valence electrons. The van der Waals surface area contributed by atoms with Gasteiger partial charge in [-0.1, -0.05) is 53.5 Å². The number of carbonyl (C=O) groups excluding carboxylic acids is 1. The number of hydrogen-bond donors (Lipinski definition) is 1. The molecule has 1 N–H and O–H groups in total. The Bertz CT molecular complexity index is 1070. The fourth-order valence-corrected chi connectivity index (χ4v) is 3.73. The molecule has 2 aromatic carbocycles. The molecule has 0 aliphatic heterocycles. The lowest BCUT2D eigenvalue weighted by atomic mass is 10.0. The monoisotopic (exact) mass is 406 g/mol. The third kappa shape index (κ3) is 3.88. The Morgan fingerprint density at radius 2 is 1.69 bits per heavy atom. The van der Waals surface area contributed by atoms with Crippen LogP contribution < -0.4 is 4.72 Å². The molecule has 0 spiro atoms. The number of hydrogen-bond acceptors (Lipinski definition) is 4. The van der Waals surface area contributed by atoms with Crippen LogP contribution in [0.3, 0.4) is 0 Å². The van der Waals surface area contributed by atoms with Gasteiger partial charge in [0.1, 0.15) is 0 Å². The topological polar surface area (TPSA) is 76.1 Å². The van der Waals surface area contributed by atoms with Gasteiger partial charge >= 0.3 is 0 Å². The van der Waals surface area contributed by atoms with E-state index in [1.54, 1.807) is 30.3 Å². The minimum Gasteiger partial charge on any atom is -0.288 e. The number of nitrogens with one attached hydrogen (secondary N) is 1. The van der Waals surface area contributed by atoms with Crippen molar-refractivity contribution >= 4 is 44.7 Å². The van der Waals surface area contributed by atoms with E-state index in [2.05, 4.69) is 9.71 Å². The summed E-state index contributed by atoms with van der Waals surface area (Å²) < 4.78 is 27.7. The maximum absolute atomic E-state index is 12.7. The number of anilines is 1. The van der Waals surface area contributed by atoms with Gasteiger partial charge in [0.2, 0.25) is 0 Å². The Labute approximate surface area is 160 Å². The SMILES string of the molecule is O=C(c1ccccc1)c1cnccc1NS(=O)(=O)c1ccc(Cl)c(Cl)c1. The van der Waals surface area contributed by atoms with Gasteiger partial charge in [-0.15, -0.1) is 0 Å². The normalized spacial score (nSPS) is 11.2. The van der Waals surface area contributed by atoms with Gasteiger partial charge < -0.3 is 0 Å². The van der Waals surface area contributed by atoms with Gasteiger partial charge in [-0.2, -0.15) is 0 Å². The molecule has 5 nitrogen and oxygen atoms in total. The van der Waals surface area contributed by atoms with Crippen molar-refractivity contribution in [1.29, 1.82) is 0 Å². The summed E-state index contributed by atoms with van der Waals surface area (Å²) in [4.78, 5) is 16.5. The average Bonchev–Trinajstić information content (AvgIpc) is 2.64. The van der Waals surface area contributed by atoms with E-state index in [1.807, 2.05) is 0 Å². The molecule has 0 aliphatic rings. The Balaban J connectivity index is 1.98. The van der Waals surface area contributed by atoms with Gasteiger partial charge in [0, 0.05) is 18.0 Å². The van der Waals surface area contributed by atoms with Gasteiger partial charge in [0.05, 0.1) is 26.2 Å². The van der Waals surface area contributed by atoms with Gasteiger partial charge in [-0.3, -0.25) is 14.5 Å². The predicted molar refractivity (Wildman–Crippen MR) is 101 cm³/mol. The summed E-state index contributed by atoms with van der Waals surface area (Å²) in [5.74, 6) is -0.342. The van der Waals surface area contributed by atoms with E-state index in [4.69, 9.17) is 23.2 Å².